The van der Waals surface area contributed by atoms with Crippen molar-refractivity contribution in [1.29, 1.82) is 0 Å². The molecule has 0 bridgehead atoms. The van der Waals surface area contributed by atoms with Crippen LogP contribution in [-0.4, -0.2) is 61.4 Å². The summed E-state index contributed by atoms with van der Waals surface area (Å²) in [6.45, 7) is 0. The van der Waals surface area contributed by atoms with E-state index in [4.69, 9.17) is 37.4 Å². The molecule has 4 amide bonds. The summed E-state index contributed by atoms with van der Waals surface area (Å²) in [7, 11) is 4.57. The number of hydrogen-bond donors (Lipinski definition) is 2. The second-order valence-electron chi connectivity index (χ2n) is 16.5. The van der Waals surface area contributed by atoms with Crippen molar-refractivity contribution < 1.29 is 56.4 Å². The molecule has 2 aliphatic carbocycles. The first-order chi connectivity index (χ1) is 32.1. The lowest BCUT2D eigenvalue weighted by atomic mass is 9.49. The highest BCUT2D eigenvalue weighted by molar-refractivity contribution is 6.36. The standard InChI is InChI=1S/C50H40Cl2F3N3O9/c1-64-31-13-8-28(9-14-31)49-38(46(61)58(48(49)63)56-40-19-10-29(51)23-39(40)52)25-36-34(44(49)37-24-33(15-20-41(37)59)67-50(53,54)55)17-18-35-43(36)47(62)57(45(35)60)30-11-5-26(6-12-30)4-7-27-22-32(65-2)16-21-42(27)66-3/h4-17,19-24,35-36,38,43-44,56,59H,18,25H2,1-3H3/t35-,36+,38-,43-,44+,49+/m0/s1. The van der Waals surface area contributed by atoms with E-state index < -0.39 is 76.5 Å². The van der Waals surface area contributed by atoms with E-state index in [1.165, 1.54) is 25.3 Å². The van der Waals surface area contributed by atoms with Crippen molar-refractivity contribution in [2.45, 2.75) is 30.5 Å². The molecule has 0 aromatic heterocycles. The average Bonchev–Trinajstić information content (AvgIpc) is 3.69. The summed E-state index contributed by atoms with van der Waals surface area (Å²) in [4.78, 5) is 61.1. The zero-order valence-electron chi connectivity index (χ0n) is 35.8. The van der Waals surface area contributed by atoms with Gasteiger partial charge in [-0.25, -0.2) is 0 Å². The van der Waals surface area contributed by atoms with Crippen molar-refractivity contribution in [3.05, 3.63) is 147 Å². The molecule has 9 rings (SSSR count). The second-order valence-corrected chi connectivity index (χ2v) is 17.4. The lowest BCUT2D eigenvalue weighted by Gasteiger charge is -2.50. The number of hydrogen-bond acceptors (Lipinski definition) is 10. The molecule has 0 spiro atoms. The van der Waals surface area contributed by atoms with Crippen molar-refractivity contribution in [2.75, 3.05) is 31.7 Å². The second kappa shape index (κ2) is 17.4. The van der Waals surface area contributed by atoms with Crippen LogP contribution in [0.4, 0.5) is 24.5 Å². The number of phenols is 1. The van der Waals surface area contributed by atoms with E-state index in [0.29, 0.717) is 28.5 Å². The first kappa shape index (κ1) is 45.2. The van der Waals surface area contributed by atoms with E-state index in [-0.39, 0.29) is 39.7 Å². The highest BCUT2D eigenvalue weighted by Crippen LogP contribution is 2.65. The van der Waals surface area contributed by atoms with Gasteiger partial charge < -0.3 is 24.1 Å². The summed E-state index contributed by atoms with van der Waals surface area (Å²) < 4.78 is 62.0. The molecule has 2 aliphatic heterocycles. The first-order valence-corrected chi connectivity index (χ1v) is 21.7. The number of carbonyl (C=O) groups excluding carboxylic acids is 4. The molecule has 2 N–H and O–H groups in total. The number of phenolic OH excluding ortho intramolecular Hbond substituents is 1. The summed E-state index contributed by atoms with van der Waals surface area (Å²) in [5.41, 5.74) is 3.32. The lowest BCUT2D eigenvalue weighted by Crippen LogP contribution is -2.53. The largest absolute Gasteiger partial charge is 0.573 e. The average molecular weight is 955 g/mol. The van der Waals surface area contributed by atoms with Crippen molar-refractivity contribution in [3.8, 4) is 28.7 Å². The number of alkyl halides is 3. The smallest absolute Gasteiger partial charge is 0.508 e. The van der Waals surface area contributed by atoms with Crippen molar-refractivity contribution >= 4 is 70.4 Å². The fourth-order valence-electron chi connectivity index (χ4n) is 10.3. The number of fused-ring (bicyclic) bond motifs is 4. The molecular formula is C50H40Cl2F3N3O9. The Bertz CT molecular complexity index is 2890. The van der Waals surface area contributed by atoms with Crippen LogP contribution in [0.5, 0.6) is 28.7 Å². The van der Waals surface area contributed by atoms with E-state index in [1.807, 2.05) is 18.2 Å². The van der Waals surface area contributed by atoms with E-state index in [9.17, 15) is 27.9 Å². The van der Waals surface area contributed by atoms with Crippen LogP contribution >= 0.6 is 23.2 Å². The van der Waals surface area contributed by atoms with Gasteiger partial charge in [-0.2, -0.15) is 5.01 Å². The van der Waals surface area contributed by atoms with Crippen LogP contribution in [0.25, 0.3) is 12.2 Å². The minimum absolute atomic E-state index is 0.00458. The van der Waals surface area contributed by atoms with Gasteiger partial charge in [-0.15, -0.1) is 13.2 Å². The number of aromatic hydroxyl groups is 1. The van der Waals surface area contributed by atoms with Gasteiger partial charge in [0.2, 0.25) is 11.8 Å². The van der Waals surface area contributed by atoms with Gasteiger partial charge in [0, 0.05) is 22.1 Å². The summed E-state index contributed by atoms with van der Waals surface area (Å²) in [5.74, 6) is -7.70. The molecule has 6 atom stereocenters. The molecule has 5 aromatic rings. The third-order valence-electron chi connectivity index (χ3n) is 13.2. The molecule has 0 radical (unpaired) electrons. The molecule has 1 saturated carbocycles. The van der Waals surface area contributed by atoms with Crippen LogP contribution in [0.2, 0.25) is 10.0 Å². The normalized spacial score (nSPS) is 23.5. The summed E-state index contributed by atoms with van der Waals surface area (Å²) in [5, 5.41) is 12.9. The Morgan fingerprint density at radius 3 is 2.13 bits per heavy atom. The quantitative estimate of drug-likeness (QED) is 0.0746. The maximum absolute atomic E-state index is 15.6. The molecule has 17 heteroatoms. The Hall–Kier alpha value is -6.97. The molecule has 12 nitrogen and oxygen atoms in total. The number of allylic oxidation sites excluding steroid dienone is 2. The number of anilines is 2. The molecule has 3 fully saturated rings. The molecule has 5 aromatic carbocycles. The Labute approximate surface area is 392 Å². The van der Waals surface area contributed by atoms with Gasteiger partial charge in [-0.1, -0.05) is 71.3 Å². The van der Waals surface area contributed by atoms with Crippen LogP contribution in [0, 0.1) is 23.7 Å². The van der Waals surface area contributed by atoms with Gasteiger partial charge in [-0.05, 0) is 109 Å². The zero-order chi connectivity index (χ0) is 47.5. The van der Waals surface area contributed by atoms with Gasteiger partial charge in [-0.3, -0.25) is 29.5 Å². The van der Waals surface area contributed by atoms with Gasteiger partial charge >= 0.3 is 6.36 Å². The van der Waals surface area contributed by atoms with E-state index in [2.05, 4.69) is 10.2 Å². The number of hydrazine groups is 1. The third kappa shape index (κ3) is 7.79. The number of carbonyl (C=O) groups is 4. The fourth-order valence-corrected chi connectivity index (χ4v) is 10.7. The maximum Gasteiger partial charge on any atom is 0.573 e. The highest BCUT2D eigenvalue weighted by Gasteiger charge is 2.71. The van der Waals surface area contributed by atoms with Gasteiger partial charge in [0.15, 0.2) is 0 Å². The number of halogens is 5. The maximum atomic E-state index is 15.6. The Kier molecular flexibility index (Phi) is 11.7. The molecular weight excluding hydrogens is 914 g/mol. The predicted octanol–water partition coefficient (Wildman–Crippen LogP) is 9.98. The van der Waals surface area contributed by atoms with Crippen molar-refractivity contribution in [3.63, 3.8) is 0 Å². The van der Waals surface area contributed by atoms with Crippen LogP contribution in [0.3, 0.4) is 0 Å². The zero-order valence-corrected chi connectivity index (χ0v) is 37.4. The number of methoxy groups -OCH3 is 3. The number of amides is 4. The van der Waals surface area contributed by atoms with Crippen LogP contribution in [0.15, 0.2) is 115 Å². The topological polar surface area (TPSA) is 144 Å². The van der Waals surface area contributed by atoms with E-state index in [0.717, 1.165) is 39.2 Å². The molecule has 0 unspecified atom stereocenters. The molecule has 344 valence electrons. The molecule has 2 heterocycles. The Morgan fingerprint density at radius 2 is 1.46 bits per heavy atom. The minimum atomic E-state index is -5.13. The first-order valence-electron chi connectivity index (χ1n) is 21.0. The van der Waals surface area contributed by atoms with E-state index in [1.54, 1.807) is 81.0 Å². The van der Waals surface area contributed by atoms with Gasteiger partial charge in [0.05, 0.1) is 60.9 Å². The number of nitrogens with zero attached hydrogens (tertiary/aromatic N) is 2. The monoisotopic (exact) mass is 953 g/mol. The fraction of sp³-hybridized carbons (Fsp3) is 0.240. The Morgan fingerprint density at radius 1 is 0.761 bits per heavy atom. The van der Waals surface area contributed by atoms with Crippen molar-refractivity contribution in [2.24, 2.45) is 23.7 Å². The summed E-state index contributed by atoms with van der Waals surface area (Å²) >= 11 is 12.7. The SMILES string of the molecule is COc1ccc([C@@]23C(=O)N(Nc4ccc(Cl)cc4Cl)C(=O)[C@@H]2C[C@@H]2C(=CC[C@@H]4C(=O)N(c5ccc(C=Cc6cc(OC)ccc6OC)cc5)C(=O)[C@@H]42)[C@@H]3c2cc(OC(F)(F)F)ccc2O)cc1. The number of nitrogens with one attached hydrogen (secondary N) is 1. The number of ether oxygens (including phenoxy) is 4. The predicted molar refractivity (Wildman–Crippen MR) is 243 cm³/mol. The Balaban J connectivity index is 1.15. The van der Waals surface area contributed by atoms with Crippen LogP contribution in [0.1, 0.15) is 41.0 Å². The summed E-state index contributed by atoms with van der Waals surface area (Å²) in [6.07, 6.45) is 0.126. The molecule has 67 heavy (non-hydrogen) atoms. The lowest BCUT2D eigenvalue weighted by molar-refractivity contribution is -0.274. The van der Waals surface area contributed by atoms with Crippen LogP contribution in [-0.2, 0) is 24.6 Å². The number of imide groups is 2. The summed E-state index contributed by atoms with van der Waals surface area (Å²) in [6, 6.07) is 25.8. The molecule has 2 saturated heterocycles. The van der Waals surface area contributed by atoms with Crippen molar-refractivity contribution in [1.82, 2.24) is 5.01 Å². The third-order valence-corrected chi connectivity index (χ3v) is 13.7. The minimum Gasteiger partial charge on any atom is -0.508 e. The number of benzene rings is 5. The van der Waals surface area contributed by atoms with Crippen LogP contribution < -0.4 is 29.3 Å². The highest BCUT2D eigenvalue weighted by atomic mass is 35.5. The number of rotatable bonds is 11. The van der Waals surface area contributed by atoms with E-state index >= 15 is 9.59 Å². The molecule has 4 aliphatic rings. The van der Waals surface area contributed by atoms with Gasteiger partial charge in [0.25, 0.3) is 11.8 Å². The van der Waals surface area contributed by atoms with Gasteiger partial charge in [0.1, 0.15) is 28.7 Å².